The van der Waals surface area contributed by atoms with Gasteiger partial charge in [-0.1, -0.05) is 40.0 Å². The maximum Gasteiger partial charge on any atom is 0.333 e. The Morgan fingerprint density at radius 3 is 2.62 bits per heavy atom. The Kier molecular flexibility index (Phi) is 5.26. The predicted molar refractivity (Wildman–Crippen MR) is 63.4 cm³/mol. The first-order valence-corrected chi connectivity index (χ1v) is 6.42. The molecule has 0 spiro atoms. The van der Waals surface area contributed by atoms with Gasteiger partial charge in [0.15, 0.2) is 6.10 Å². The maximum atomic E-state index is 11.0. The lowest BCUT2D eigenvalue weighted by Crippen LogP contribution is -2.35. The second-order valence-corrected chi connectivity index (χ2v) is 5.20. The van der Waals surface area contributed by atoms with E-state index in [1.165, 1.54) is 19.3 Å². The van der Waals surface area contributed by atoms with Crippen LogP contribution in [0, 0.1) is 11.8 Å². The highest BCUT2D eigenvalue weighted by molar-refractivity contribution is 5.72. The zero-order chi connectivity index (χ0) is 12.1. The van der Waals surface area contributed by atoms with Crippen LogP contribution in [0.1, 0.15) is 52.9 Å². The molecule has 1 N–H and O–H groups in total. The lowest BCUT2D eigenvalue weighted by atomic mass is 9.85. The molecule has 0 aromatic rings. The summed E-state index contributed by atoms with van der Waals surface area (Å²) < 4.78 is 5.75. The number of hydrogen-bond acceptors (Lipinski definition) is 2. The Bertz CT molecular complexity index is 225. The summed E-state index contributed by atoms with van der Waals surface area (Å²) in [7, 11) is 0. The molecule has 0 aromatic carbocycles. The number of hydrogen-bond donors (Lipinski definition) is 1. The zero-order valence-electron chi connectivity index (χ0n) is 10.6. The van der Waals surface area contributed by atoms with Crippen LogP contribution in [-0.4, -0.2) is 23.3 Å². The van der Waals surface area contributed by atoms with Gasteiger partial charge < -0.3 is 9.84 Å². The molecule has 1 saturated carbocycles. The van der Waals surface area contributed by atoms with Crippen molar-refractivity contribution in [2.75, 3.05) is 0 Å². The predicted octanol–water partition coefficient (Wildman–Crippen LogP) is 3.08. The number of carbonyl (C=O) groups is 1. The van der Waals surface area contributed by atoms with Crippen molar-refractivity contribution in [2.24, 2.45) is 11.8 Å². The Balaban J connectivity index is 2.48. The fourth-order valence-electron chi connectivity index (χ4n) is 2.44. The van der Waals surface area contributed by atoms with Gasteiger partial charge in [0.2, 0.25) is 0 Å². The van der Waals surface area contributed by atoms with Crippen molar-refractivity contribution in [1.29, 1.82) is 0 Å². The van der Waals surface area contributed by atoms with Crippen LogP contribution >= 0.6 is 0 Å². The van der Waals surface area contributed by atoms with Gasteiger partial charge in [-0.3, -0.25) is 0 Å². The molecule has 3 unspecified atom stereocenters. The third kappa shape index (κ3) is 3.78. The molecule has 3 heteroatoms. The minimum Gasteiger partial charge on any atom is -0.479 e. The van der Waals surface area contributed by atoms with E-state index in [-0.39, 0.29) is 12.0 Å². The summed E-state index contributed by atoms with van der Waals surface area (Å²) in [6.45, 7) is 6.00. The number of ether oxygens (including phenoxy) is 1. The van der Waals surface area contributed by atoms with Gasteiger partial charge >= 0.3 is 5.97 Å². The Hall–Kier alpha value is -0.570. The highest BCUT2D eigenvalue weighted by Gasteiger charge is 2.29. The Morgan fingerprint density at radius 1 is 1.44 bits per heavy atom. The average Bonchev–Trinajstić information content (AvgIpc) is 2.25. The van der Waals surface area contributed by atoms with Gasteiger partial charge in [-0.2, -0.15) is 0 Å². The van der Waals surface area contributed by atoms with E-state index >= 15 is 0 Å². The lowest BCUT2D eigenvalue weighted by Gasteiger charge is -2.31. The van der Waals surface area contributed by atoms with Gasteiger partial charge in [0.05, 0.1) is 6.10 Å². The van der Waals surface area contributed by atoms with Crippen molar-refractivity contribution < 1.29 is 14.6 Å². The molecular formula is C13H24O3. The molecule has 0 aliphatic heterocycles. The first kappa shape index (κ1) is 13.5. The van der Waals surface area contributed by atoms with E-state index in [1.54, 1.807) is 0 Å². The van der Waals surface area contributed by atoms with E-state index in [4.69, 9.17) is 9.84 Å². The first-order valence-electron chi connectivity index (χ1n) is 6.42. The number of carboxylic acid groups (broad SMARTS) is 1. The van der Waals surface area contributed by atoms with E-state index in [0.717, 1.165) is 18.8 Å². The molecule has 0 amide bonds. The fourth-order valence-corrected chi connectivity index (χ4v) is 2.44. The topological polar surface area (TPSA) is 46.5 Å². The fraction of sp³-hybridized carbons (Fsp3) is 0.923. The van der Waals surface area contributed by atoms with Crippen LogP contribution in [0.2, 0.25) is 0 Å². The molecule has 1 fully saturated rings. The molecule has 0 saturated heterocycles. The van der Waals surface area contributed by atoms with E-state index in [9.17, 15) is 4.79 Å². The van der Waals surface area contributed by atoms with Crippen LogP contribution in [0.5, 0.6) is 0 Å². The van der Waals surface area contributed by atoms with Gasteiger partial charge in [0, 0.05) is 0 Å². The summed E-state index contributed by atoms with van der Waals surface area (Å²) >= 11 is 0. The first-order chi connectivity index (χ1) is 7.54. The molecule has 1 aliphatic rings. The van der Waals surface area contributed by atoms with E-state index < -0.39 is 12.1 Å². The van der Waals surface area contributed by atoms with Gasteiger partial charge in [-0.25, -0.2) is 4.79 Å². The molecule has 3 nitrogen and oxygen atoms in total. The molecule has 1 aliphatic carbocycles. The Labute approximate surface area is 98.2 Å². The molecule has 16 heavy (non-hydrogen) atoms. The van der Waals surface area contributed by atoms with Crippen molar-refractivity contribution in [3.05, 3.63) is 0 Å². The van der Waals surface area contributed by atoms with Crippen molar-refractivity contribution in [3.8, 4) is 0 Å². The lowest BCUT2D eigenvalue weighted by molar-refractivity contribution is -0.160. The summed E-state index contributed by atoms with van der Waals surface area (Å²) in [6, 6.07) is 0. The number of carboxylic acids is 1. The van der Waals surface area contributed by atoms with E-state index in [0.29, 0.717) is 0 Å². The number of rotatable bonds is 5. The van der Waals surface area contributed by atoms with Gasteiger partial charge in [-0.05, 0) is 24.7 Å². The van der Waals surface area contributed by atoms with Crippen molar-refractivity contribution in [1.82, 2.24) is 0 Å². The molecule has 1 rings (SSSR count). The molecule has 94 valence electrons. The summed E-state index contributed by atoms with van der Waals surface area (Å²) in [4.78, 5) is 11.0. The standard InChI is InChI=1S/C13H24O3/c1-4-10-6-5-7-11(8-10)16-12(9(2)3)13(14)15/h9-12H,4-8H2,1-3H3,(H,14,15). The molecule has 3 atom stereocenters. The maximum absolute atomic E-state index is 11.0. The molecular weight excluding hydrogens is 204 g/mol. The molecule has 0 heterocycles. The van der Waals surface area contributed by atoms with Crippen LogP contribution in [0.4, 0.5) is 0 Å². The van der Waals surface area contributed by atoms with Gasteiger partial charge in [0.1, 0.15) is 0 Å². The third-order valence-electron chi connectivity index (χ3n) is 3.50. The normalized spacial score (nSPS) is 28.0. The monoisotopic (exact) mass is 228 g/mol. The summed E-state index contributed by atoms with van der Waals surface area (Å²) in [5.74, 6) is -0.0616. The van der Waals surface area contributed by atoms with Crippen LogP contribution in [0.25, 0.3) is 0 Å². The van der Waals surface area contributed by atoms with Crippen molar-refractivity contribution >= 4 is 5.97 Å². The van der Waals surface area contributed by atoms with E-state index in [2.05, 4.69) is 6.92 Å². The minimum absolute atomic E-state index is 0.0412. The third-order valence-corrected chi connectivity index (χ3v) is 3.50. The molecule has 0 bridgehead atoms. The summed E-state index contributed by atoms with van der Waals surface area (Å²) in [6.07, 6.45) is 5.20. The highest BCUT2D eigenvalue weighted by atomic mass is 16.5. The zero-order valence-corrected chi connectivity index (χ0v) is 10.6. The van der Waals surface area contributed by atoms with Crippen molar-refractivity contribution in [2.45, 2.75) is 65.1 Å². The number of aliphatic carboxylic acids is 1. The summed E-state index contributed by atoms with van der Waals surface area (Å²) in [5, 5.41) is 9.07. The SMILES string of the molecule is CCC1CCCC(OC(C(=O)O)C(C)C)C1. The smallest absolute Gasteiger partial charge is 0.333 e. The summed E-state index contributed by atoms with van der Waals surface area (Å²) in [5.41, 5.74) is 0. The second-order valence-electron chi connectivity index (χ2n) is 5.20. The van der Waals surface area contributed by atoms with Crippen LogP contribution in [-0.2, 0) is 9.53 Å². The molecule has 0 radical (unpaired) electrons. The Morgan fingerprint density at radius 2 is 2.12 bits per heavy atom. The second kappa shape index (κ2) is 6.24. The van der Waals surface area contributed by atoms with Gasteiger partial charge in [-0.15, -0.1) is 0 Å². The van der Waals surface area contributed by atoms with Crippen LogP contribution in [0.3, 0.4) is 0 Å². The van der Waals surface area contributed by atoms with Crippen LogP contribution < -0.4 is 0 Å². The minimum atomic E-state index is -0.825. The highest BCUT2D eigenvalue weighted by Crippen LogP contribution is 2.29. The van der Waals surface area contributed by atoms with Crippen LogP contribution in [0.15, 0.2) is 0 Å². The largest absolute Gasteiger partial charge is 0.479 e. The van der Waals surface area contributed by atoms with Gasteiger partial charge in [0.25, 0.3) is 0 Å². The average molecular weight is 228 g/mol. The van der Waals surface area contributed by atoms with Crippen molar-refractivity contribution in [3.63, 3.8) is 0 Å². The molecule has 0 aromatic heterocycles. The quantitative estimate of drug-likeness (QED) is 0.786. The van der Waals surface area contributed by atoms with E-state index in [1.807, 2.05) is 13.8 Å².